The van der Waals surface area contributed by atoms with Crippen molar-refractivity contribution < 1.29 is 9.47 Å². The van der Waals surface area contributed by atoms with Gasteiger partial charge in [0.25, 0.3) is 0 Å². The van der Waals surface area contributed by atoms with E-state index in [1.165, 1.54) is 0 Å². The molecule has 0 radical (unpaired) electrons. The predicted octanol–water partition coefficient (Wildman–Crippen LogP) is 1.45. The smallest absolute Gasteiger partial charge is 0.0700 e. The van der Waals surface area contributed by atoms with E-state index >= 15 is 0 Å². The summed E-state index contributed by atoms with van der Waals surface area (Å²) in [6.45, 7) is 4.84. The van der Waals surface area contributed by atoms with Gasteiger partial charge in [0.1, 0.15) is 0 Å². The van der Waals surface area contributed by atoms with Crippen molar-refractivity contribution in [3.63, 3.8) is 0 Å². The third-order valence-electron chi connectivity index (χ3n) is 1.19. The fourth-order valence-corrected chi connectivity index (χ4v) is 0.641. The van der Waals surface area contributed by atoms with Gasteiger partial charge in [-0.2, -0.15) is 0 Å². The van der Waals surface area contributed by atoms with Crippen LogP contribution < -0.4 is 0 Å². The molecule has 0 N–H and O–H groups in total. The highest BCUT2D eigenvalue weighted by Gasteiger charge is 1.86. The molecule has 0 unspecified atom stereocenters. The minimum atomic E-state index is 0.679. The molecule has 0 aromatic heterocycles. The maximum Gasteiger partial charge on any atom is 0.0700 e. The first-order chi connectivity index (χ1) is 5.41. The van der Waals surface area contributed by atoms with Crippen LogP contribution in [0.25, 0.3) is 0 Å². The Balaban J connectivity index is 2.75. The maximum atomic E-state index is 5.22. The minimum absolute atomic E-state index is 0.679. The van der Waals surface area contributed by atoms with E-state index in [4.69, 9.17) is 15.9 Å². The van der Waals surface area contributed by atoms with Gasteiger partial charge in [-0.3, -0.25) is 0 Å². The summed E-state index contributed by atoms with van der Waals surface area (Å²) in [5.74, 6) is 2.56. The molecule has 0 aromatic rings. The van der Waals surface area contributed by atoms with Crippen molar-refractivity contribution in [3.8, 4) is 12.3 Å². The largest absolute Gasteiger partial charge is 0.379 e. The van der Waals surface area contributed by atoms with Crippen LogP contribution in [0.1, 0.15) is 19.8 Å². The molecule has 0 amide bonds. The standard InChI is InChI=1S/C9H16O2/c1-3-5-6-7-11-9-8-10-4-2/h1H,4-9H2,2H3. The van der Waals surface area contributed by atoms with Gasteiger partial charge in [0, 0.05) is 19.6 Å². The van der Waals surface area contributed by atoms with E-state index in [0.717, 1.165) is 26.1 Å². The first-order valence-electron chi connectivity index (χ1n) is 4.00. The SMILES string of the molecule is C#CCCCOCCOCC. The van der Waals surface area contributed by atoms with Crippen LogP contribution in [0.3, 0.4) is 0 Å². The molecule has 0 aliphatic carbocycles. The summed E-state index contributed by atoms with van der Waals surface area (Å²) in [6, 6.07) is 0. The second-order valence-corrected chi connectivity index (χ2v) is 2.12. The molecular formula is C9H16O2. The fraction of sp³-hybridized carbons (Fsp3) is 0.778. The first kappa shape index (κ1) is 10.5. The summed E-state index contributed by atoms with van der Waals surface area (Å²) in [4.78, 5) is 0. The van der Waals surface area contributed by atoms with E-state index in [9.17, 15) is 0 Å². The van der Waals surface area contributed by atoms with Crippen LogP contribution in [0, 0.1) is 12.3 Å². The molecule has 0 aromatic carbocycles. The van der Waals surface area contributed by atoms with Crippen LogP contribution in [0.2, 0.25) is 0 Å². The zero-order valence-electron chi connectivity index (χ0n) is 7.14. The Morgan fingerprint density at radius 3 is 2.55 bits per heavy atom. The molecule has 0 aliphatic heterocycles. The lowest BCUT2D eigenvalue weighted by molar-refractivity contribution is 0.0523. The average Bonchev–Trinajstić information content (AvgIpc) is 2.03. The van der Waals surface area contributed by atoms with Crippen molar-refractivity contribution in [1.29, 1.82) is 0 Å². The number of terminal acetylenes is 1. The molecule has 0 fully saturated rings. The number of hydrogen-bond acceptors (Lipinski definition) is 2. The molecule has 64 valence electrons. The summed E-state index contributed by atoms with van der Waals surface area (Å²) in [6.07, 6.45) is 6.81. The van der Waals surface area contributed by atoms with Crippen molar-refractivity contribution in [3.05, 3.63) is 0 Å². The molecule has 0 heterocycles. The third kappa shape index (κ3) is 9.48. The number of ether oxygens (including phenoxy) is 2. The molecule has 2 heteroatoms. The zero-order valence-corrected chi connectivity index (χ0v) is 7.14. The average molecular weight is 156 g/mol. The van der Waals surface area contributed by atoms with E-state index < -0.39 is 0 Å². The molecule has 0 atom stereocenters. The number of hydrogen-bond donors (Lipinski definition) is 0. The summed E-state index contributed by atoms with van der Waals surface area (Å²) in [5.41, 5.74) is 0. The Hall–Kier alpha value is -0.520. The Labute approximate surface area is 68.9 Å². The summed E-state index contributed by atoms with van der Waals surface area (Å²) < 4.78 is 10.3. The van der Waals surface area contributed by atoms with Crippen LogP contribution >= 0.6 is 0 Å². The minimum Gasteiger partial charge on any atom is -0.379 e. The topological polar surface area (TPSA) is 18.5 Å². The normalized spacial score (nSPS) is 9.45. The lowest BCUT2D eigenvalue weighted by Crippen LogP contribution is -2.04. The Kier molecular flexibility index (Phi) is 9.03. The van der Waals surface area contributed by atoms with E-state index in [1.807, 2.05) is 6.92 Å². The van der Waals surface area contributed by atoms with Crippen molar-refractivity contribution in [2.75, 3.05) is 26.4 Å². The van der Waals surface area contributed by atoms with E-state index in [-0.39, 0.29) is 0 Å². The van der Waals surface area contributed by atoms with Crippen LogP contribution in [-0.2, 0) is 9.47 Å². The quantitative estimate of drug-likeness (QED) is 0.410. The van der Waals surface area contributed by atoms with Crippen molar-refractivity contribution >= 4 is 0 Å². The van der Waals surface area contributed by atoms with E-state index in [1.54, 1.807) is 0 Å². The molecular weight excluding hydrogens is 140 g/mol. The van der Waals surface area contributed by atoms with Crippen LogP contribution in [0.4, 0.5) is 0 Å². The molecule has 0 aliphatic rings. The molecule has 0 saturated heterocycles. The van der Waals surface area contributed by atoms with Gasteiger partial charge in [-0.05, 0) is 13.3 Å². The fourth-order valence-electron chi connectivity index (χ4n) is 0.641. The van der Waals surface area contributed by atoms with Gasteiger partial charge in [-0.15, -0.1) is 12.3 Å². The van der Waals surface area contributed by atoms with E-state index in [0.29, 0.717) is 13.2 Å². The van der Waals surface area contributed by atoms with Crippen LogP contribution in [-0.4, -0.2) is 26.4 Å². The van der Waals surface area contributed by atoms with Gasteiger partial charge < -0.3 is 9.47 Å². The summed E-state index contributed by atoms with van der Waals surface area (Å²) in [7, 11) is 0. The Morgan fingerprint density at radius 1 is 1.18 bits per heavy atom. The summed E-state index contributed by atoms with van der Waals surface area (Å²) in [5, 5.41) is 0. The number of rotatable bonds is 7. The third-order valence-corrected chi connectivity index (χ3v) is 1.19. The summed E-state index contributed by atoms with van der Waals surface area (Å²) >= 11 is 0. The molecule has 0 saturated carbocycles. The second kappa shape index (κ2) is 9.48. The molecule has 0 rings (SSSR count). The first-order valence-corrected chi connectivity index (χ1v) is 4.00. The molecule has 11 heavy (non-hydrogen) atoms. The highest BCUT2D eigenvalue weighted by Crippen LogP contribution is 1.87. The highest BCUT2D eigenvalue weighted by molar-refractivity contribution is 4.82. The highest BCUT2D eigenvalue weighted by atomic mass is 16.5. The van der Waals surface area contributed by atoms with Crippen molar-refractivity contribution in [1.82, 2.24) is 0 Å². The monoisotopic (exact) mass is 156 g/mol. The molecule has 2 nitrogen and oxygen atoms in total. The molecule has 0 bridgehead atoms. The van der Waals surface area contributed by atoms with Crippen molar-refractivity contribution in [2.45, 2.75) is 19.8 Å². The van der Waals surface area contributed by atoms with Crippen molar-refractivity contribution in [2.24, 2.45) is 0 Å². The lowest BCUT2D eigenvalue weighted by atomic mass is 10.3. The second-order valence-electron chi connectivity index (χ2n) is 2.12. The Morgan fingerprint density at radius 2 is 1.91 bits per heavy atom. The van der Waals surface area contributed by atoms with Gasteiger partial charge >= 0.3 is 0 Å². The van der Waals surface area contributed by atoms with Gasteiger partial charge in [-0.25, -0.2) is 0 Å². The Bertz CT molecular complexity index is 105. The van der Waals surface area contributed by atoms with Crippen LogP contribution in [0.5, 0.6) is 0 Å². The lowest BCUT2D eigenvalue weighted by Gasteiger charge is -2.01. The zero-order chi connectivity index (χ0) is 8.36. The maximum absolute atomic E-state index is 5.22. The number of unbranched alkanes of at least 4 members (excludes halogenated alkanes) is 1. The van der Waals surface area contributed by atoms with Gasteiger partial charge in [0.15, 0.2) is 0 Å². The predicted molar refractivity (Wildman–Crippen MR) is 45.4 cm³/mol. The van der Waals surface area contributed by atoms with Gasteiger partial charge in [0.2, 0.25) is 0 Å². The van der Waals surface area contributed by atoms with Crippen LogP contribution in [0.15, 0.2) is 0 Å². The van der Waals surface area contributed by atoms with Gasteiger partial charge in [-0.1, -0.05) is 0 Å². The van der Waals surface area contributed by atoms with E-state index in [2.05, 4.69) is 5.92 Å². The molecule has 0 spiro atoms. The van der Waals surface area contributed by atoms with Gasteiger partial charge in [0.05, 0.1) is 13.2 Å².